The summed E-state index contributed by atoms with van der Waals surface area (Å²) in [5.74, 6) is -0.250. The Hall–Kier alpha value is -0.450. The van der Waals surface area contributed by atoms with E-state index in [1.54, 1.807) is 12.1 Å². The van der Waals surface area contributed by atoms with Gasteiger partial charge >= 0.3 is 0 Å². The highest BCUT2D eigenvalue weighted by atomic mass is 79.9. The van der Waals surface area contributed by atoms with Crippen LogP contribution in [0.1, 0.15) is 50.6 Å². The number of hydrogen-bond acceptors (Lipinski definition) is 2. The van der Waals surface area contributed by atoms with Crippen LogP contribution in [0.2, 0.25) is 0 Å². The van der Waals surface area contributed by atoms with Crippen molar-refractivity contribution in [1.82, 2.24) is 0 Å². The smallest absolute Gasteiger partial charge is 0.128 e. The van der Waals surface area contributed by atoms with Crippen molar-refractivity contribution in [3.05, 3.63) is 34.1 Å². The lowest BCUT2D eigenvalue weighted by Gasteiger charge is -2.42. The van der Waals surface area contributed by atoms with Gasteiger partial charge in [0, 0.05) is 16.6 Å². The molecule has 0 amide bonds. The third-order valence-electron chi connectivity index (χ3n) is 3.99. The van der Waals surface area contributed by atoms with Gasteiger partial charge in [0.15, 0.2) is 0 Å². The van der Waals surface area contributed by atoms with Crippen molar-refractivity contribution in [3.63, 3.8) is 0 Å². The molecule has 106 valence electrons. The van der Waals surface area contributed by atoms with Gasteiger partial charge in [0.05, 0.1) is 11.6 Å². The van der Waals surface area contributed by atoms with Crippen LogP contribution in [0.25, 0.3) is 0 Å². The molecule has 2 nitrogen and oxygen atoms in total. The van der Waals surface area contributed by atoms with Crippen LogP contribution in [0.3, 0.4) is 0 Å². The van der Waals surface area contributed by atoms with Crippen LogP contribution >= 0.6 is 15.9 Å². The Morgan fingerprint density at radius 3 is 2.68 bits per heavy atom. The topological polar surface area (TPSA) is 35.2 Å². The quantitative estimate of drug-likeness (QED) is 0.892. The largest absolute Gasteiger partial charge is 0.373 e. The summed E-state index contributed by atoms with van der Waals surface area (Å²) in [7, 11) is 0. The van der Waals surface area contributed by atoms with E-state index in [2.05, 4.69) is 15.9 Å². The van der Waals surface area contributed by atoms with Gasteiger partial charge in [0.1, 0.15) is 5.82 Å². The number of halogens is 2. The number of ether oxygens (including phenoxy) is 1. The molecule has 1 aliphatic carbocycles. The van der Waals surface area contributed by atoms with E-state index >= 15 is 0 Å². The fraction of sp³-hybridized carbons (Fsp3) is 0.600. The van der Waals surface area contributed by atoms with Crippen molar-refractivity contribution in [2.45, 2.75) is 50.7 Å². The highest BCUT2D eigenvalue weighted by Crippen LogP contribution is 2.41. The Bertz CT molecular complexity index is 427. The van der Waals surface area contributed by atoms with Crippen molar-refractivity contribution in [1.29, 1.82) is 0 Å². The molecule has 1 aromatic rings. The predicted molar refractivity (Wildman–Crippen MR) is 78.5 cm³/mol. The third kappa shape index (κ3) is 3.18. The van der Waals surface area contributed by atoms with E-state index in [1.165, 1.54) is 12.5 Å². The second-order valence-electron chi connectivity index (χ2n) is 5.20. The average Bonchev–Trinajstić information content (AvgIpc) is 2.42. The van der Waals surface area contributed by atoms with Gasteiger partial charge in [-0.3, -0.25) is 0 Å². The SMILES string of the molecule is CCOC1(C(N)c2cc(Br)ccc2F)CCCCC1. The number of hydrogen-bond donors (Lipinski definition) is 1. The molecule has 19 heavy (non-hydrogen) atoms. The first kappa shape index (κ1) is 14.9. The molecule has 0 aliphatic heterocycles. The van der Waals surface area contributed by atoms with Crippen molar-refractivity contribution in [2.24, 2.45) is 5.73 Å². The van der Waals surface area contributed by atoms with E-state index in [-0.39, 0.29) is 5.82 Å². The van der Waals surface area contributed by atoms with Gasteiger partial charge in [-0.05, 0) is 38.0 Å². The van der Waals surface area contributed by atoms with E-state index < -0.39 is 11.6 Å². The van der Waals surface area contributed by atoms with Crippen LogP contribution in [0, 0.1) is 5.82 Å². The lowest BCUT2D eigenvalue weighted by molar-refractivity contribution is -0.0836. The molecule has 1 aliphatic rings. The molecule has 0 saturated heterocycles. The number of rotatable bonds is 4. The van der Waals surface area contributed by atoms with Gasteiger partial charge in [-0.1, -0.05) is 35.2 Å². The molecule has 1 aromatic carbocycles. The van der Waals surface area contributed by atoms with E-state index in [0.717, 1.165) is 30.2 Å². The van der Waals surface area contributed by atoms with Crippen LogP contribution in [0.4, 0.5) is 4.39 Å². The summed E-state index contributed by atoms with van der Waals surface area (Å²) in [6.07, 6.45) is 5.23. The lowest BCUT2D eigenvalue weighted by atomic mass is 9.77. The zero-order valence-corrected chi connectivity index (χ0v) is 12.9. The highest BCUT2D eigenvalue weighted by Gasteiger charge is 2.40. The van der Waals surface area contributed by atoms with Crippen molar-refractivity contribution in [3.8, 4) is 0 Å². The molecule has 2 N–H and O–H groups in total. The Morgan fingerprint density at radius 2 is 2.05 bits per heavy atom. The minimum atomic E-state index is -0.412. The van der Waals surface area contributed by atoms with Gasteiger partial charge in [0.2, 0.25) is 0 Å². The van der Waals surface area contributed by atoms with Gasteiger partial charge in [-0.25, -0.2) is 4.39 Å². The number of nitrogens with two attached hydrogens (primary N) is 1. The summed E-state index contributed by atoms with van der Waals surface area (Å²) in [4.78, 5) is 0. The van der Waals surface area contributed by atoms with Crippen molar-refractivity contribution >= 4 is 15.9 Å². The first-order valence-electron chi connectivity index (χ1n) is 6.93. The molecular weight excluding hydrogens is 309 g/mol. The molecule has 0 heterocycles. The Balaban J connectivity index is 2.32. The summed E-state index contributed by atoms with van der Waals surface area (Å²) in [5, 5.41) is 0. The van der Waals surface area contributed by atoms with Crippen molar-refractivity contribution < 1.29 is 9.13 Å². The van der Waals surface area contributed by atoms with Crippen LogP contribution < -0.4 is 5.73 Å². The average molecular weight is 330 g/mol. The minimum absolute atomic E-state index is 0.250. The normalized spacial score (nSPS) is 20.2. The second kappa shape index (κ2) is 6.33. The van der Waals surface area contributed by atoms with Crippen LogP contribution in [0.15, 0.2) is 22.7 Å². The fourth-order valence-electron chi connectivity index (χ4n) is 3.02. The van der Waals surface area contributed by atoms with Crippen molar-refractivity contribution in [2.75, 3.05) is 6.61 Å². The molecule has 0 radical (unpaired) electrons. The standard InChI is InChI=1S/C15H21BrFNO/c1-2-19-15(8-4-3-5-9-15)14(18)12-10-11(16)6-7-13(12)17/h6-7,10,14H,2-5,8-9,18H2,1H3. The third-order valence-corrected chi connectivity index (χ3v) is 4.48. The summed E-state index contributed by atoms with van der Waals surface area (Å²) < 4.78 is 20.9. The molecule has 1 saturated carbocycles. The molecule has 0 aromatic heterocycles. The first-order chi connectivity index (χ1) is 9.09. The Kier molecular flexibility index (Phi) is 4.98. The van der Waals surface area contributed by atoms with Crippen LogP contribution in [0.5, 0.6) is 0 Å². The van der Waals surface area contributed by atoms with Gasteiger partial charge in [-0.2, -0.15) is 0 Å². The van der Waals surface area contributed by atoms with E-state index in [4.69, 9.17) is 10.5 Å². The maximum Gasteiger partial charge on any atom is 0.128 e. The predicted octanol–water partition coefficient (Wildman–Crippen LogP) is 4.33. The van der Waals surface area contributed by atoms with E-state index in [1.807, 2.05) is 6.92 Å². The molecule has 1 fully saturated rings. The molecule has 1 unspecified atom stereocenters. The summed E-state index contributed by atoms with van der Waals surface area (Å²) >= 11 is 3.38. The second-order valence-corrected chi connectivity index (χ2v) is 6.12. The first-order valence-corrected chi connectivity index (χ1v) is 7.73. The molecule has 4 heteroatoms. The summed E-state index contributed by atoms with van der Waals surface area (Å²) in [5.41, 5.74) is 6.51. The maximum atomic E-state index is 14.0. The summed E-state index contributed by atoms with van der Waals surface area (Å²) in [6.45, 7) is 2.59. The Morgan fingerprint density at radius 1 is 1.37 bits per heavy atom. The molecule has 0 spiro atoms. The van der Waals surface area contributed by atoms with E-state index in [9.17, 15) is 4.39 Å². The molecule has 0 bridgehead atoms. The fourth-order valence-corrected chi connectivity index (χ4v) is 3.40. The van der Waals surface area contributed by atoms with Gasteiger partial charge < -0.3 is 10.5 Å². The molecular formula is C15H21BrFNO. The van der Waals surface area contributed by atoms with Gasteiger partial charge in [0.25, 0.3) is 0 Å². The maximum absolute atomic E-state index is 14.0. The van der Waals surface area contributed by atoms with Crippen LogP contribution in [-0.4, -0.2) is 12.2 Å². The summed E-state index contributed by atoms with van der Waals surface area (Å²) in [6, 6.07) is 4.52. The lowest BCUT2D eigenvalue weighted by Crippen LogP contribution is -2.45. The molecule has 2 rings (SSSR count). The zero-order chi connectivity index (χ0) is 13.9. The zero-order valence-electron chi connectivity index (χ0n) is 11.3. The monoisotopic (exact) mass is 329 g/mol. The minimum Gasteiger partial charge on any atom is -0.373 e. The van der Waals surface area contributed by atoms with Gasteiger partial charge in [-0.15, -0.1) is 0 Å². The van der Waals surface area contributed by atoms with Crippen LogP contribution in [-0.2, 0) is 4.74 Å². The highest BCUT2D eigenvalue weighted by molar-refractivity contribution is 9.10. The number of benzene rings is 1. The van der Waals surface area contributed by atoms with E-state index in [0.29, 0.717) is 12.2 Å². The molecule has 1 atom stereocenters. The Labute approximate surface area is 122 Å².